The lowest BCUT2D eigenvalue weighted by atomic mass is 10.1. The minimum Gasteiger partial charge on any atom is -0.394 e. The number of nitrogens with zero attached hydrogens (tertiary/aromatic N) is 5. The van der Waals surface area contributed by atoms with Crippen molar-refractivity contribution < 1.29 is 40.1 Å². The zero-order valence-electron chi connectivity index (χ0n) is 17.8. The Morgan fingerprint density at radius 2 is 1.59 bits per heavy atom. The Bertz CT molecular complexity index is 961. The Morgan fingerprint density at radius 3 is 2.09 bits per heavy atom. The van der Waals surface area contributed by atoms with Crippen molar-refractivity contribution in [3.05, 3.63) is 29.1 Å². The Morgan fingerprint density at radius 1 is 1.03 bits per heavy atom. The predicted molar refractivity (Wildman–Crippen MR) is 112 cm³/mol. The molecule has 34 heavy (non-hydrogen) atoms. The fraction of sp³-hybridized carbons (Fsp3) is 0.647. The van der Waals surface area contributed by atoms with Crippen LogP contribution in [0.3, 0.4) is 0 Å². The molecule has 0 spiro atoms. The molecule has 190 valence electrons. The van der Waals surface area contributed by atoms with Crippen molar-refractivity contribution in [2.75, 3.05) is 25.6 Å². The van der Waals surface area contributed by atoms with Gasteiger partial charge in [-0.05, 0) is 0 Å². The summed E-state index contributed by atoms with van der Waals surface area (Å²) in [6.07, 6.45) is -7.61. The molecule has 0 aromatic carbocycles. The number of aliphatic hydroxyl groups is 6. The summed E-state index contributed by atoms with van der Waals surface area (Å²) in [5.41, 5.74) is 9.92. The maximum Gasteiger partial charge on any atom is 0.368 e. The van der Waals surface area contributed by atoms with Crippen LogP contribution in [0.1, 0.15) is 6.23 Å². The van der Waals surface area contributed by atoms with E-state index in [1.165, 1.54) is 4.90 Å². The number of aliphatic hydroxyl groups excluding tert-OH is 6. The lowest BCUT2D eigenvalue weighted by Crippen LogP contribution is -2.51. The van der Waals surface area contributed by atoms with Crippen molar-refractivity contribution in [1.82, 2.24) is 25.0 Å². The van der Waals surface area contributed by atoms with Crippen molar-refractivity contribution in [2.45, 2.75) is 49.1 Å². The van der Waals surface area contributed by atoms with Gasteiger partial charge in [-0.3, -0.25) is 0 Å². The van der Waals surface area contributed by atoms with Gasteiger partial charge in [0.15, 0.2) is 18.4 Å². The highest BCUT2D eigenvalue weighted by molar-refractivity contribution is 5.80. The summed E-state index contributed by atoms with van der Waals surface area (Å²) in [4.78, 5) is 20.3. The summed E-state index contributed by atoms with van der Waals surface area (Å²) in [6.45, 7) is 3.04. The summed E-state index contributed by atoms with van der Waals surface area (Å²) in [5, 5.41) is 62.8. The first-order valence-electron chi connectivity index (χ1n) is 10.1. The number of rotatable bonds is 4. The number of hydrogen-bond acceptors (Lipinski definition) is 16. The zero-order valence-corrected chi connectivity index (χ0v) is 17.8. The SMILES string of the molecule is C=C1NC(N)=NCN1[C@@H]1O[C@H](CO)[C@H](O)C1O.Nc1cnn([C@@H]2O[C@H](CO)[C@H](O)C2O)c(=O)n1. The van der Waals surface area contributed by atoms with E-state index in [0.29, 0.717) is 5.82 Å². The summed E-state index contributed by atoms with van der Waals surface area (Å²) in [7, 11) is 0. The molecular formula is C17H28N8O9. The zero-order chi connectivity index (χ0) is 25.2. The Labute approximate surface area is 192 Å². The maximum absolute atomic E-state index is 11.4. The van der Waals surface area contributed by atoms with Gasteiger partial charge in [0.25, 0.3) is 0 Å². The highest BCUT2D eigenvalue weighted by Crippen LogP contribution is 2.27. The fourth-order valence-corrected chi connectivity index (χ4v) is 3.49. The van der Waals surface area contributed by atoms with Gasteiger partial charge in [0.1, 0.15) is 54.9 Å². The lowest BCUT2D eigenvalue weighted by Gasteiger charge is -2.34. The van der Waals surface area contributed by atoms with Gasteiger partial charge in [0.2, 0.25) is 0 Å². The third-order valence-electron chi connectivity index (χ3n) is 5.33. The van der Waals surface area contributed by atoms with Crippen molar-refractivity contribution in [3.63, 3.8) is 0 Å². The van der Waals surface area contributed by atoms with Crippen LogP contribution in [0.4, 0.5) is 5.82 Å². The van der Waals surface area contributed by atoms with E-state index in [2.05, 4.69) is 27.0 Å². The van der Waals surface area contributed by atoms with Crippen molar-refractivity contribution >= 4 is 11.8 Å². The number of guanidine groups is 1. The smallest absolute Gasteiger partial charge is 0.368 e. The number of ether oxygens (including phenoxy) is 2. The van der Waals surface area contributed by atoms with Crippen LogP contribution >= 0.6 is 0 Å². The predicted octanol–water partition coefficient (Wildman–Crippen LogP) is -6.09. The average molecular weight is 488 g/mol. The Kier molecular flexibility index (Phi) is 8.00. The average Bonchev–Trinajstić information content (AvgIpc) is 3.24. The summed E-state index contributed by atoms with van der Waals surface area (Å²) < 4.78 is 11.2. The van der Waals surface area contributed by atoms with Gasteiger partial charge in [-0.25, -0.2) is 9.79 Å². The molecule has 3 aliphatic rings. The maximum atomic E-state index is 11.4. The number of nitrogen functional groups attached to an aromatic ring is 1. The number of aromatic nitrogens is 3. The van der Waals surface area contributed by atoms with E-state index in [-0.39, 0.29) is 25.1 Å². The molecule has 1 aromatic heterocycles. The van der Waals surface area contributed by atoms with Crippen LogP contribution in [0.2, 0.25) is 0 Å². The molecular weight excluding hydrogens is 460 g/mol. The molecule has 2 saturated heterocycles. The number of nitrogens with two attached hydrogens (primary N) is 2. The van der Waals surface area contributed by atoms with Crippen LogP contribution in [-0.4, -0.2) is 119 Å². The number of anilines is 1. The molecule has 11 N–H and O–H groups in total. The van der Waals surface area contributed by atoms with E-state index in [9.17, 15) is 25.2 Å². The Hall–Kier alpha value is -2.90. The topological polar surface area (TPSA) is 267 Å². The second-order valence-corrected chi connectivity index (χ2v) is 7.59. The quantitative estimate of drug-likeness (QED) is 0.191. The first-order chi connectivity index (χ1) is 16.1. The van der Waals surface area contributed by atoms with Gasteiger partial charge in [0, 0.05) is 0 Å². The highest BCUT2D eigenvalue weighted by atomic mass is 16.6. The molecule has 2 unspecified atom stereocenters. The summed E-state index contributed by atoms with van der Waals surface area (Å²) in [6, 6.07) is 0. The molecule has 0 bridgehead atoms. The third-order valence-corrected chi connectivity index (χ3v) is 5.33. The third kappa shape index (κ3) is 5.10. The van der Waals surface area contributed by atoms with Gasteiger partial charge in [-0.1, -0.05) is 6.58 Å². The van der Waals surface area contributed by atoms with Crippen LogP contribution in [0.5, 0.6) is 0 Å². The normalized spacial score (nSPS) is 35.4. The van der Waals surface area contributed by atoms with Crippen molar-refractivity contribution in [3.8, 4) is 0 Å². The lowest BCUT2D eigenvalue weighted by molar-refractivity contribution is -0.0859. The van der Waals surface area contributed by atoms with Gasteiger partial charge >= 0.3 is 5.69 Å². The van der Waals surface area contributed by atoms with E-state index in [1.54, 1.807) is 0 Å². The highest BCUT2D eigenvalue weighted by Gasteiger charge is 2.46. The van der Waals surface area contributed by atoms with Crippen molar-refractivity contribution in [1.29, 1.82) is 0 Å². The molecule has 0 aliphatic carbocycles. The minimum absolute atomic E-state index is 0.0574. The molecule has 8 atom stereocenters. The van der Waals surface area contributed by atoms with Crippen LogP contribution in [0.15, 0.2) is 28.4 Å². The van der Waals surface area contributed by atoms with E-state index < -0.39 is 61.4 Å². The van der Waals surface area contributed by atoms with Gasteiger partial charge in [-0.2, -0.15) is 14.8 Å². The number of hydrogen-bond donors (Lipinski definition) is 9. The monoisotopic (exact) mass is 488 g/mol. The van der Waals surface area contributed by atoms with E-state index in [4.69, 9.17) is 31.2 Å². The molecule has 17 nitrogen and oxygen atoms in total. The molecule has 17 heteroatoms. The largest absolute Gasteiger partial charge is 0.394 e. The van der Waals surface area contributed by atoms with Crippen LogP contribution in [0, 0.1) is 0 Å². The second-order valence-electron chi connectivity index (χ2n) is 7.59. The van der Waals surface area contributed by atoms with E-state index in [1.807, 2.05) is 0 Å². The summed E-state index contributed by atoms with van der Waals surface area (Å²) >= 11 is 0. The van der Waals surface area contributed by atoms with Crippen LogP contribution in [0.25, 0.3) is 0 Å². The van der Waals surface area contributed by atoms with Gasteiger partial charge in [0.05, 0.1) is 19.4 Å². The number of nitrogens with one attached hydrogen (secondary N) is 1. The molecule has 4 rings (SSSR count). The molecule has 0 amide bonds. The fourth-order valence-electron chi connectivity index (χ4n) is 3.49. The molecule has 0 radical (unpaired) electrons. The molecule has 1 aromatic rings. The molecule has 0 saturated carbocycles. The molecule has 3 aliphatic heterocycles. The van der Waals surface area contributed by atoms with E-state index in [0.717, 1.165) is 10.9 Å². The Balaban J connectivity index is 0.000000191. The first-order valence-corrected chi connectivity index (χ1v) is 10.1. The number of aliphatic imine (C=N–C) groups is 1. The van der Waals surface area contributed by atoms with Gasteiger partial charge in [-0.15, -0.1) is 0 Å². The summed E-state index contributed by atoms with van der Waals surface area (Å²) in [5.74, 6) is 0.600. The van der Waals surface area contributed by atoms with Crippen LogP contribution in [-0.2, 0) is 9.47 Å². The van der Waals surface area contributed by atoms with Crippen LogP contribution < -0.4 is 22.5 Å². The minimum atomic E-state index is -1.37. The second kappa shape index (κ2) is 10.6. The van der Waals surface area contributed by atoms with E-state index >= 15 is 0 Å². The van der Waals surface area contributed by atoms with Crippen molar-refractivity contribution in [2.24, 2.45) is 10.7 Å². The van der Waals surface area contributed by atoms with Gasteiger partial charge < -0.3 is 61.8 Å². The molecule has 4 heterocycles. The first kappa shape index (κ1) is 25.7. The standard InChI is InChI=1S/C9H16N4O4.C8H12N4O5/c1-4-12-9(10)11-3-13(4)8-7(16)6(15)5(2-14)17-8;9-4-1-10-12(8(16)11-4)7-6(15)5(14)3(2-13)17-7/h5-8,14-16H,1-3H2,(H3,10,11,12);1,3,5-7,13-15H,2H2,(H2,9,11,16)/t5-,6+,7?,8-;3-,5+,6?,7-/m11/s1. The molecule has 2 fully saturated rings.